The molecular formula is C40H50N6O5. The number of amides is 3. The maximum atomic E-state index is 14.2. The van der Waals surface area contributed by atoms with E-state index in [1.54, 1.807) is 30.6 Å². The molecule has 0 saturated heterocycles. The molecule has 2 aromatic carbocycles. The molecule has 5 rings (SSSR count). The van der Waals surface area contributed by atoms with Gasteiger partial charge in [-0.3, -0.25) is 19.4 Å². The Balaban J connectivity index is 1.40. The zero-order valence-electron chi connectivity index (χ0n) is 29.4. The molecule has 11 nitrogen and oxygen atoms in total. The van der Waals surface area contributed by atoms with Crippen LogP contribution in [0.25, 0.3) is 11.3 Å². The molecule has 270 valence electrons. The van der Waals surface area contributed by atoms with E-state index in [-0.39, 0.29) is 18.8 Å². The standard InChI is InChI=1S/C40H50N6O5/c1-26(2)36(47)37(48)33(21-27-13-5-3-6-14-27)44-40(51)35(23-29-24-41-25-43-29)46-39(50)34(22-28-15-7-4-8-16-28)45-38(49)31-18-10-9-17-30(31)32-19-11-12-20-42-32/h4,7-12,15-20,24-27,33-37,47-48H,3,5-6,13-14,21-23H2,1-2H3,(H,41,43)(H,44,51)(H,45,49)(H,46,50)/t33-,34-,35-,36-,37+/m0/s1. The Morgan fingerprint density at radius 3 is 2.18 bits per heavy atom. The van der Waals surface area contributed by atoms with Crippen LogP contribution in [0, 0.1) is 11.8 Å². The number of rotatable bonds is 16. The van der Waals surface area contributed by atoms with Gasteiger partial charge in [0, 0.05) is 42.1 Å². The molecule has 4 aromatic rings. The van der Waals surface area contributed by atoms with E-state index >= 15 is 0 Å². The van der Waals surface area contributed by atoms with Gasteiger partial charge in [-0.15, -0.1) is 0 Å². The second-order valence-electron chi connectivity index (χ2n) is 13.9. The van der Waals surface area contributed by atoms with Crippen LogP contribution in [0.1, 0.15) is 74.0 Å². The van der Waals surface area contributed by atoms with E-state index in [0.29, 0.717) is 34.9 Å². The minimum Gasteiger partial charge on any atom is -0.390 e. The van der Waals surface area contributed by atoms with Gasteiger partial charge in [-0.25, -0.2) is 4.98 Å². The monoisotopic (exact) mass is 694 g/mol. The lowest BCUT2D eigenvalue weighted by Crippen LogP contribution is -2.58. The molecular weight excluding hydrogens is 644 g/mol. The van der Waals surface area contributed by atoms with Gasteiger partial charge >= 0.3 is 0 Å². The molecule has 2 heterocycles. The fraction of sp³-hybridized carbons (Fsp3) is 0.425. The predicted molar refractivity (Wildman–Crippen MR) is 195 cm³/mol. The van der Waals surface area contributed by atoms with Crippen molar-refractivity contribution in [1.29, 1.82) is 0 Å². The molecule has 1 aliphatic rings. The fourth-order valence-corrected chi connectivity index (χ4v) is 6.80. The van der Waals surface area contributed by atoms with E-state index in [2.05, 4.69) is 30.9 Å². The molecule has 1 fully saturated rings. The molecule has 0 spiro atoms. The van der Waals surface area contributed by atoms with Gasteiger partial charge in [0.2, 0.25) is 11.8 Å². The third-order valence-corrected chi connectivity index (χ3v) is 9.71. The fourth-order valence-electron chi connectivity index (χ4n) is 6.80. The molecule has 3 amide bonds. The van der Waals surface area contributed by atoms with E-state index in [0.717, 1.165) is 31.2 Å². The number of hydrogen-bond acceptors (Lipinski definition) is 7. The Morgan fingerprint density at radius 1 is 0.804 bits per heavy atom. The molecule has 1 saturated carbocycles. The van der Waals surface area contributed by atoms with E-state index in [1.165, 1.54) is 12.7 Å². The van der Waals surface area contributed by atoms with Gasteiger partial charge in [-0.2, -0.15) is 0 Å². The largest absolute Gasteiger partial charge is 0.390 e. The highest BCUT2D eigenvalue weighted by molar-refractivity contribution is 6.03. The first kappa shape index (κ1) is 37.4. The van der Waals surface area contributed by atoms with Crippen molar-refractivity contribution in [3.8, 4) is 11.3 Å². The third kappa shape index (κ3) is 10.6. The summed E-state index contributed by atoms with van der Waals surface area (Å²) >= 11 is 0. The molecule has 0 unspecified atom stereocenters. The summed E-state index contributed by atoms with van der Waals surface area (Å²) < 4.78 is 0. The topological polar surface area (TPSA) is 169 Å². The molecule has 0 bridgehead atoms. The first-order valence-corrected chi connectivity index (χ1v) is 18.0. The normalized spacial score (nSPS) is 16.4. The molecule has 5 atom stereocenters. The highest BCUT2D eigenvalue weighted by Gasteiger charge is 2.35. The Bertz CT molecular complexity index is 1680. The Kier molecular flexibility index (Phi) is 13.5. The summed E-state index contributed by atoms with van der Waals surface area (Å²) in [4.78, 5) is 53.7. The number of imidazole rings is 1. The quantitative estimate of drug-likeness (QED) is 0.101. The van der Waals surface area contributed by atoms with Crippen LogP contribution in [0.2, 0.25) is 0 Å². The lowest BCUT2D eigenvalue weighted by molar-refractivity contribution is -0.131. The molecule has 0 aliphatic heterocycles. The Labute approximate surface area is 299 Å². The smallest absolute Gasteiger partial charge is 0.252 e. The number of aromatic nitrogens is 3. The predicted octanol–water partition coefficient (Wildman–Crippen LogP) is 4.37. The third-order valence-electron chi connectivity index (χ3n) is 9.71. The summed E-state index contributed by atoms with van der Waals surface area (Å²) in [5.74, 6) is -1.43. The zero-order valence-corrected chi connectivity index (χ0v) is 29.4. The summed E-state index contributed by atoms with van der Waals surface area (Å²) in [7, 11) is 0. The molecule has 6 N–H and O–H groups in total. The van der Waals surface area contributed by atoms with Crippen molar-refractivity contribution in [2.24, 2.45) is 11.8 Å². The van der Waals surface area contributed by atoms with Crippen LogP contribution in [0.15, 0.2) is 91.5 Å². The van der Waals surface area contributed by atoms with Crippen molar-refractivity contribution in [1.82, 2.24) is 30.9 Å². The second-order valence-corrected chi connectivity index (χ2v) is 13.9. The number of benzene rings is 2. The number of aliphatic hydroxyl groups excluding tert-OH is 2. The number of carbonyl (C=O) groups is 3. The van der Waals surface area contributed by atoms with Crippen LogP contribution in [0.3, 0.4) is 0 Å². The highest BCUT2D eigenvalue weighted by Crippen LogP contribution is 2.29. The molecule has 51 heavy (non-hydrogen) atoms. The van der Waals surface area contributed by atoms with Gasteiger partial charge in [0.1, 0.15) is 18.2 Å². The lowest BCUT2D eigenvalue weighted by atomic mass is 9.82. The van der Waals surface area contributed by atoms with Gasteiger partial charge in [0.25, 0.3) is 5.91 Å². The highest BCUT2D eigenvalue weighted by atomic mass is 16.3. The maximum Gasteiger partial charge on any atom is 0.252 e. The second kappa shape index (κ2) is 18.4. The summed E-state index contributed by atoms with van der Waals surface area (Å²) in [6.07, 6.45) is 8.62. The van der Waals surface area contributed by atoms with Gasteiger partial charge in [0.15, 0.2) is 0 Å². The Hall–Kier alpha value is -4.87. The lowest BCUT2D eigenvalue weighted by Gasteiger charge is -2.34. The van der Waals surface area contributed by atoms with Crippen molar-refractivity contribution < 1.29 is 24.6 Å². The Morgan fingerprint density at radius 2 is 1.49 bits per heavy atom. The molecule has 11 heteroatoms. The molecule has 2 aromatic heterocycles. The van der Waals surface area contributed by atoms with E-state index < -0.39 is 48.1 Å². The SMILES string of the molecule is CC(C)[C@H](O)[C@H](O)[C@H](CC1CCCCC1)NC(=O)[C@H](Cc1cnc[nH]1)NC(=O)[C@H](Cc1ccccc1)NC(=O)c1ccccc1-c1ccccn1. The maximum absolute atomic E-state index is 14.2. The number of aliphatic hydroxyl groups is 2. The molecule has 1 aliphatic carbocycles. The first-order chi connectivity index (χ1) is 24.7. The van der Waals surface area contributed by atoms with Gasteiger partial charge in [-0.1, -0.05) is 101 Å². The van der Waals surface area contributed by atoms with Crippen LogP contribution in [-0.2, 0) is 22.4 Å². The number of nitrogens with zero attached hydrogens (tertiary/aromatic N) is 2. The van der Waals surface area contributed by atoms with Crippen LogP contribution in [-0.4, -0.2) is 73.2 Å². The van der Waals surface area contributed by atoms with Crippen molar-refractivity contribution >= 4 is 17.7 Å². The van der Waals surface area contributed by atoms with E-state index in [4.69, 9.17) is 0 Å². The number of H-pyrrole nitrogens is 1. The summed E-state index contributed by atoms with van der Waals surface area (Å²) in [6.45, 7) is 3.65. The number of carbonyl (C=O) groups excluding carboxylic acids is 3. The summed E-state index contributed by atoms with van der Waals surface area (Å²) in [5.41, 5.74) is 3.05. The number of hydrogen-bond donors (Lipinski definition) is 6. The van der Waals surface area contributed by atoms with Gasteiger partial charge in [0.05, 0.1) is 24.2 Å². The van der Waals surface area contributed by atoms with Crippen molar-refractivity contribution in [3.05, 3.63) is 108 Å². The number of pyridine rings is 1. The van der Waals surface area contributed by atoms with E-state index in [9.17, 15) is 24.6 Å². The minimum absolute atomic E-state index is 0.0884. The minimum atomic E-state index is -1.19. The number of nitrogens with one attached hydrogen (secondary N) is 4. The van der Waals surface area contributed by atoms with Gasteiger partial charge < -0.3 is 31.1 Å². The van der Waals surface area contributed by atoms with Crippen molar-refractivity contribution in [3.63, 3.8) is 0 Å². The van der Waals surface area contributed by atoms with Crippen LogP contribution in [0.4, 0.5) is 0 Å². The summed E-state index contributed by atoms with van der Waals surface area (Å²) in [6, 6.07) is 19.0. The number of aromatic amines is 1. The van der Waals surface area contributed by atoms with Crippen molar-refractivity contribution in [2.45, 2.75) is 95.5 Å². The zero-order chi connectivity index (χ0) is 36.2. The van der Waals surface area contributed by atoms with Crippen LogP contribution in [0.5, 0.6) is 0 Å². The van der Waals surface area contributed by atoms with E-state index in [1.807, 2.05) is 68.4 Å². The first-order valence-electron chi connectivity index (χ1n) is 18.0. The average Bonchev–Trinajstić information content (AvgIpc) is 3.67. The summed E-state index contributed by atoms with van der Waals surface area (Å²) in [5, 5.41) is 31.0. The van der Waals surface area contributed by atoms with Crippen LogP contribution < -0.4 is 16.0 Å². The van der Waals surface area contributed by atoms with Crippen molar-refractivity contribution in [2.75, 3.05) is 0 Å². The average molecular weight is 695 g/mol. The molecule has 0 radical (unpaired) electrons. The van der Waals surface area contributed by atoms with Gasteiger partial charge in [-0.05, 0) is 42.0 Å². The van der Waals surface area contributed by atoms with Crippen LogP contribution >= 0.6 is 0 Å².